The number of aliphatic hydroxyl groups excluding tert-OH is 1. The van der Waals surface area contributed by atoms with Gasteiger partial charge >= 0.3 is 5.69 Å². The van der Waals surface area contributed by atoms with Crippen molar-refractivity contribution >= 4 is 28.8 Å². The number of benzene rings is 3. The molecule has 1 saturated heterocycles. The Labute approximate surface area is 204 Å². The quantitative estimate of drug-likeness (QED) is 0.158. The van der Waals surface area contributed by atoms with Crippen molar-refractivity contribution in [1.82, 2.24) is 0 Å². The van der Waals surface area contributed by atoms with E-state index in [9.17, 15) is 34.3 Å². The molecule has 0 radical (unpaired) electrons. The van der Waals surface area contributed by atoms with Crippen LogP contribution in [0.1, 0.15) is 30.5 Å². The van der Waals surface area contributed by atoms with Crippen molar-refractivity contribution in [2.75, 3.05) is 11.5 Å². The summed E-state index contributed by atoms with van der Waals surface area (Å²) >= 11 is 0. The zero-order valence-corrected chi connectivity index (χ0v) is 19.1. The van der Waals surface area contributed by atoms with Crippen molar-refractivity contribution in [2.24, 2.45) is 0 Å². The number of phenols is 1. The number of Topliss-reactive ketones (excluding diaryl/α,β-unsaturated/α-hetero) is 1. The van der Waals surface area contributed by atoms with Gasteiger partial charge in [0, 0.05) is 17.3 Å². The van der Waals surface area contributed by atoms with Crippen molar-refractivity contribution in [3.05, 3.63) is 99.4 Å². The molecule has 1 atom stereocenters. The molecule has 36 heavy (non-hydrogen) atoms. The van der Waals surface area contributed by atoms with Gasteiger partial charge in [-0.25, -0.2) is 4.39 Å². The number of anilines is 1. The number of amides is 1. The van der Waals surface area contributed by atoms with Crippen molar-refractivity contribution in [2.45, 2.75) is 19.4 Å². The number of hydrogen-bond acceptors (Lipinski definition) is 7. The van der Waals surface area contributed by atoms with Gasteiger partial charge in [-0.1, -0.05) is 25.1 Å². The van der Waals surface area contributed by atoms with Crippen molar-refractivity contribution in [3.63, 3.8) is 0 Å². The molecule has 0 spiro atoms. The summed E-state index contributed by atoms with van der Waals surface area (Å²) in [5.41, 5.74) is -0.552. The molecule has 184 valence electrons. The van der Waals surface area contributed by atoms with Gasteiger partial charge in [0.05, 0.1) is 23.1 Å². The Balaban J connectivity index is 1.93. The second kappa shape index (κ2) is 9.87. The molecule has 1 unspecified atom stereocenters. The number of ketones is 1. The molecule has 3 aromatic rings. The molecule has 1 fully saturated rings. The van der Waals surface area contributed by atoms with Gasteiger partial charge in [0.25, 0.3) is 11.7 Å². The predicted octanol–water partition coefficient (Wildman–Crippen LogP) is 4.85. The maximum atomic E-state index is 13.6. The average molecular weight is 492 g/mol. The van der Waals surface area contributed by atoms with E-state index in [1.54, 1.807) is 12.1 Å². The Morgan fingerprint density at radius 3 is 2.50 bits per heavy atom. The van der Waals surface area contributed by atoms with Crippen LogP contribution in [0, 0.1) is 15.9 Å². The first kappa shape index (κ1) is 24.4. The van der Waals surface area contributed by atoms with E-state index >= 15 is 0 Å². The molecule has 3 aromatic carbocycles. The van der Waals surface area contributed by atoms with E-state index in [0.29, 0.717) is 12.4 Å². The molecule has 1 heterocycles. The molecule has 0 aliphatic carbocycles. The summed E-state index contributed by atoms with van der Waals surface area (Å²) in [7, 11) is 0. The summed E-state index contributed by atoms with van der Waals surface area (Å²) in [6, 6.07) is 13.2. The van der Waals surface area contributed by atoms with Gasteiger partial charge < -0.3 is 14.9 Å². The Morgan fingerprint density at radius 2 is 1.83 bits per heavy atom. The van der Waals surface area contributed by atoms with Gasteiger partial charge in [-0.3, -0.25) is 24.6 Å². The molecular weight excluding hydrogens is 471 g/mol. The first-order valence-electron chi connectivity index (χ1n) is 11.0. The number of nitro benzene ring substituents is 1. The third-order valence-electron chi connectivity index (χ3n) is 5.64. The molecule has 0 bridgehead atoms. The number of halogens is 1. The number of ether oxygens (including phenoxy) is 1. The van der Waals surface area contributed by atoms with E-state index in [0.717, 1.165) is 35.6 Å². The molecule has 1 aliphatic heterocycles. The Hall–Kier alpha value is -4.73. The highest BCUT2D eigenvalue weighted by molar-refractivity contribution is 6.51. The van der Waals surface area contributed by atoms with Crippen LogP contribution in [0.5, 0.6) is 11.5 Å². The van der Waals surface area contributed by atoms with Gasteiger partial charge in [0.1, 0.15) is 17.3 Å². The molecular formula is C26H21FN2O7. The minimum atomic E-state index is -1.30. The number of phenolic OH excluding ortho intramolecular Hbond substituents is 1. The molecule has 9 nitrogen and oxygen atoms in total. The highest BCUT2D eigenvalue weighted by Gasteiger charge is 2.47. The van der Waals surface area contributed by atoms with Crippen LogP contribution < -0.4 is 9.64 Å². The van der Waals surface area contributed by atoms with E-state index in [1.165, 1.54) is 30.3 Å². The van der Waals surface area contributed by atoms with E-state index in [2.05, 4.69) is 0 Å². The van der Waals surface area contributed by atoms with Crippen LogP contribution in [0.4, 0.5) is 15.8 Å². The van der Waals surface area contributed by atoms with E-state index in [4.69, 9.17) is 4.74 Å². The molecule has 0 aromatic heterocycles. The number of carbonyl (C=O) groups is 2. The molecule has 4 rings (SSSR count). The summed E-state index contributed by atoms with van der Waals surface area (Å²) in [5.74, 6) is -3.30. The highest BCUT2D eigenvalue weighted by Crippen LogP contribution is 2.44. The minimum absolute atomic E-state index is 0.0861. The topological polar surface area (TPSA) is 130 Å². The van der Waals surface area contributed by atoms with E-state index in [-0.39, 0.29) is 22.4 Å². The van der Waals surface area contributed by atoms with Gasteiger partial charge in [-0.05, 0) is 54.4 Å². The Kier molecular flexibility index (Phi) is 6.69. The lowest BCUT2D eigenvalue weighted by Crippen LogP contribution is -2.29. The average Bonchev–Trinajstić information content (AvgIpc) is 3.13. The number of aromatic hydroxyl groups is 1. The minimum Gasteiger partial charge on any atom is -0.507 e. The number of nitrogens with zero attached hydrogens (tertiary/aromatic N) is 2. The first-order valence-corrected chi connectivity index (χ1v) is 11.0. The monoisotopic (exact) mass is 492 g/mol. The van der Waals surface area contributed by atoms with Crippen molar-refractivity contribution in [1.29, 1.82) is 0 Å². The molecule has 1 amide bonds. The molecule has 10 heteroatoms. The molecule has 1 aliphatic rings. The van der Waals surface area contributed by atoms with Crippen LogP contribution in [0.15, 0.2) is 72.3 Å². The maximum Gasteiger partial charge on any atom is 0.311 e. The lowest BCUT2D eigenvalue weighted by molar-refractivity contribution is -0.385. The number of nitro groups is 1. The number of aliphatic hydroxyl groups is 1. The fourth-order valence-electron chi connectivity index (χ4n) is 3.98. The summed E-state index contributed by atoms with van der Waals surface area (Å²) in [4.78, 5) is 38.0. The van der Waals surface area contributed by atoms with Crippen LogP contribution >= 0.6 is 0 Å². The third-order valence-corrected chi connectivity index (χ3v) is 5.64. The van der Waals surface area contributed by atoms with Crippen LogP contribution in [-0.4, -0.2) is 33.4 Å². The lowest BCUT2D eigenvalue weighted by atomic mass is 9.94. The van der Waals surface area contributed by atoms with Gasteiger partial charge in [-0.15, -0.1) is 0 Å². The summed E-state index contributed by atoms with van der Waals surface area (Å²) < 4.78 is 19.2. The third kappa shape index (κ3) is 4.48. The number of carbonyl (C=O) groups excluding carboxylic acids is 2. The maximum absolute atomic E-state index is 13.6. The Morgan fingerprint density at radius 1 is 1.11 bits per heavy atom. The normalized spacial score (nSPS) is 16.8. The number of rotatable bonds is 7. The lowest BCUT2D eigenvalue weighted by Gasteiger charge is -2.25. The second-order valence-corrected chi connectivity index (χ2v) is 8.03. The molecule has 2 N–H and O–H groups in total. The second-order valence-electron chi connectivity index (χ2n) is 8.03. The van der Waals surface area contributed by atoms with E-state index in [1.807, 2.05) is 6.92 Å². The van der Waals surface area contributed by atoms with Gasteiger partial charge in [0.15, 0.2) is 5.75 Å². The SMILES string of the molecule is CCCOc1cccc(/C(O)=C2/C(=O)C(=O)N(c3ccc(F)cc3)C2c2ccc(O)c([N+](=O)[O-])c2)c1. The fraction of sp³-hybridized carbons (Fsp3) is 0.154. The summed E-state index contributed by atoms with van der Waals surface area (Å²) in [5, 5.41) is 32.6. The van der Waals surface area contributed by atoms with Crippen LogP contribution in [0.2, 0.25) is 0 Å². The van der Waals surface area contributed by atoms with Crippen LogP contribution in [-0.2, 0) is 9.59 Å². The summed E-state index contributed by atoms with van der Waals surface area (Å²) in [6.07, 6.45) is 0.749. The first-order chi connectivity index (χ1) is 17.2. The van der Waals surface area contributed by atoms with Crippen LogP contribution in [0.3, 0.4) is 0 Å². The van der Waals surface area contributed by atoms with Crippen molar-refractivity contribution in [3.8, 4) is 11.5 Å². The van der Waals surface area contributed by atoms with Crippen molar-refractivity contribution < 1.29 is 33.9 Å². The largest absolute Gasteiger partial charge is 0.507 e. The molecule has 0 saturated carbocycles. The fourth-order valence-corrected chi connectivity index (χ4v) is 3.98. The zero-order chi connectivity index (χ0) is 26.0. The summed E-state index contributed by atoms with van der Waals surface area (Å²) in [6.45, 7) is 2.36. The van der Waals surface area contributed by atoms with Gasteiger partial charge in [-0.2, -0.15) is 0 Å². The predicted molar refractivity (Wildman–Crippen MR) is 128 cm³/mol. The zero-order valence-electron chi connectivity index (χ0n) is 19.1. The van der Waals surface area contributed by atoms with E-state index < -0.39 is 45.7 Å². The highest BCUT2D eigenvalue weighted by atomic mass is 19.1. The number of hydrogen-bond donors (Lipinski definition) is 2. The smallest absolute Gasteiger partial charge is 0.311 e. The Bertz CT molecular complexity index is 1390. The standard InChI is InChI=1S/C26H21FN2O7/c1-2-12-36-19-5-3-4-16(13-19)24(31)22-23(15-6-11-21(30)20(14-15)29(34)35)28(26(33)25(22)32)18-9-7-17(27)8-10-18/h3-11,13-14,23,30-31H,2,12H2,1H3/b24-22-. The van der Waals surface area contributed by atoms with Crippen LogP contribution in [0.25, 0.3) is 5.76 Å². The van der Waals surface area contributed by atoms with Gasteiger partial charge in [0.2, 0.25) is 0 Å².